The first-order chi connectivity index (χ1) is 10.2. The zero-order valence-corrected chi connectivity index (χ0v) is 14.5. The summed E-state index contributed by atoms with van der Waals surface area (Å²) >= 11 is 0. The molecule has 126 valence electrons. The Kier molecular flexibility index (Phi) is 5.03. The van der Waals surface area contributed by atoms with Crippen LogP contribution in [-0.2, 0) is 9.53 Å². The highest BCUT2D eigenvalue weighted by atomic mass is 16.6. The molecule has 5 heteroatoms. The number of carbonyl (C=O) groups is 2. The summed E-state index contributed by atoms with van der Waals surface area (Å²) < 4.78 is 5.28. The molecule has 2 amide bonds. The summed E-state index contributed by atoms with van der Waals surface area (Å²) in [5, 5.41) is 2.90. The maximum Gasteiger partial charge on any atom is 0.407 e. The first kappa shape index (κ1) is 17.1. The molecule has 5 nitrogen and oxygen atoms in total. The molecule has 2 fully saturated rings. The highest BCUT2D eigenvalue weighted by Gasteiger charge is 2.40. The Morgan fingerprint density at radius 2 is 1.77 bits per heavy atom. The van der Waals surface area contributed by atoms with E-state index in [9.17, 15) is 9.59 Å². The van der Waals surface area contributed by atoms with E-state index in [1.165, 1.54) is 0 Å². The lowest BCUT2D eigenvalue weighted by atomic mass is 10.0. The fourth-order valence-electron chi connectivity index (χ4n) is 3.23. The third-order valence-corrected chi connectivity index (χ3v) is 4.25. The lowest BCUT2D eigenvalue weighted by molar-refractivity contribution is -0.137. The fraction of sp³-hybridized carbons (Fsp3) is 0.882. The molecule has 2 rings (SSSR count). The van der Waals surface area contributed by atoms with Gasteiger partial charge in [0.05, 0.1) is 0 Å². The quantitative estimate of drug-likeness (QED) is 0.868. The summed E-state index contributed by atoms with van der Waals surface area (Å²) in [7, 11) is 0. The van der Waals surface area contributed by atoms with E-state index in [-0.39, 0.29) is 30.0 Å². The Labute approximate surface area is 133 Å². The Hall–Kier alpha value is -1.26. The van der Waals surface area contributed by atoms with Crippen molar-refractivity contribution in [1.29, 1.82) is 0 Å². The van der Waals surface area contributed by atoms with Crippen LogP contribution >= 0.6 is 0 Å². The number of rotatable bonds is 4. The van der Waals surface area contributed by atoms with Crippen LogP contribution in [0.3, 0.4) is 0 Å². The van der Waals surface area contributed by atoms with Gasteiger partial charge in [0.2, 0.25) is 5.91 Å². The van der Waals surface area contributed by atoms with Gasteiger partial charge in [-0.2, -0.15) is 0 Å². The van der Waals surface area contributed by atoms with E-state index in [0.717, 1.165) is 32.1 Å². The molecule has 2 aliphatic carbocycles. The standard InChI is InChI=1S/C17H30N2O3/c1-11(2)19(14-8-9-14)15(20)12-6-7-13(10-12)18-16(21)22-17(3,4)5/h11-14H,6-10H2,1-5H3,(H,18,21). The van der Waals surface area contributed by atoms with Crippen LogP contribution in [0.15, 0.2) is 0 Å². The third kappa shape index (κ3) is 4.62. The van der Waals surface area contributed by atoms with Gasteiger partial charge in [0, 0.05) is 24.0 Å². The van der Waals surface area contributed by atoms with Crippen molar-refractivity contribution in [2.45, 2.75) is 90.4 Å². The van der Waals surface area contributed by atoms with Gasteiger partial charge in [-0.3, -0.25) is 4.79 Å². The SMILES string of the molecule is CC(C)N(C(=O)C1CCC(NC(=O)OC(C)(C)C)C1)C1CC1. The number of hydrogen-bond acceptors (Lipinski definition) is 3. The maximum absolute atomic E-state index is 12.7. The van der Waals surface area contributed by atoms with Crippen molar-refractivity contribution in [3.63, 3.8) is 0 Å². The number of hydrogen-bond donors (Lipinski definition) is 1. The molecule has 2 saturated carbocycles. The van der Waals surface area contributed by atoms with Crippen molar-refractivity contribution in [3.05, 3.63) is 0 Å². The van der Waals surface area contributed by atoms with Crippen molar-refractivity contribution in [2.24, 2.45) is 5.92 Å². The van der Waals surface area contributed by atoms with E-state index in [0.29, 0.717) is 6.04 Å². The van der Waals surface area contributed by atoms with E-state index < -0.39 is 5.60 Å². The Bertz CT molecular complexity index is 422. The molecule has 1 N–H and O–H groups in total. The predicted octanol–water partition coefficient (Wildman–Crippen LogP) is 3.08. The van der Waals surface area contributed by atoms with Gasteiger partial charge >= 0.3 is 6.09 Å². The summed E-state index contributed by atoms with van der Waals surface area (Å²) in [4.78, 5) is 26.6. The summed E-state index contributed by atoms with van der Waals surface area (Å²) in [6.45, 7) is 9.72. The predicted molar refractivity (Wildman–Crippen MR) is 85.5 cm³/mol. The molecule has 0 aromatic heterocycles. The van der Waals surface area contributed by atoms with Gasteiger partial charge in [-0.1, -0.05) is 0 Å². The molecule has 0 radical (unpaired) electrons. The van der Waals surface area contributed by atoms with E-state index in [1.54, 1.807) is 0 Å². The second-order valence-corrected chi connectivity index (χ2v) is 7.92. The molecule has 2 aliphatic rings. The first-order valence-corrected chi connectivity index (χ1v) is 8.49. The Morgan fingerprint density at radius 3 is 2.27 bits per heavy atom. The van der Waals surface area contributed by atoms with Crippen molar-refractivity contribution < 1.29 is 14.3 Å². The molecule has 0 aliphatic heterocycles. The average molecular weight is 310 g/mol. The van der Waals surface area contributed by atoms with Gasteiger partial charge in [0.15, 0.2) is 0 Å². The van der Waals surface area contributed by atoms with Crippen molar-refractivity contribution in [1.82, 2.24) is 10.2 Å². The molecule has 0 bridgehead atoms. The molecule has 0 aromatic rings. The van der Waals surface area contributed by atoms with E-state index in [1.807, 2.05) is 20.8 Å². The maximum atomic E-state index is 12.7. The lowest BCUT2D eigenvalue weighted by Gasteiger charge is -2.29. The second-order valence-electron chi connectivity index (χ2n) is 7.92. The monoisotopic (exact) mass is 310 g/mol. The number of nitrogens with zero attached hydrogens (tertiary/aromatic N) is 1. The van der Waals surface area contributed by atoms with E-state index in [4.69, 9.17) is 4.74 Å². The molecule has 0 saturated heterocycles. The smallest absolute Gasteiger partial charge is 0.407 e. The number of nitrogens with one attached hydrogen (secondary N) is 1. The van der Waals surface area contributed by atoms with Crippen molar-refractivity contribution in [3.8, 4) is 0 Å². The minimum absolute atomic E-state index is 0.0444. The molecule has 0 aromatic carbocycles. The van der Waals surface area contributed by atoms with Gasteiger partial charge in [0.25, 0.3) is 0 Å². The van der Waals surface area contributed by atoms with E-state index in [2.05, 4.69) is 24.1 Å². The summed E-state index contributed by atoms with van der Waals surface area (Å²) in [5.41, 5.74) is -0.488. The highest BCUT2D eigenvalue weighted by Crippen LogP contribution is 2.34. The lowest BCUT2D eigenvalue weighted by Crippen LogP contribution is -2.43. The minimum Gasteiger partial charge on any atom is -0.444 e. The number of alkyl carbamates (subject to hydrolysis) is 1. The largest absolute Gasteiger partial charge is 0.444 e. The van der Waals surface area contributed by atoms with Gasteiger partial charge in [-0.25, -0.2) is 4.79 Å². The molecular weight excluding hydrogens is 280 g/mol. The van der Waals surface area contributed by atoms with Gasteiger partial charge in [0.1, 0.15) is 5.60 Å². The van der Waals surface area contributed by atoms with Gasteiger partial charge in [-0.05, 0) is 66.7 Å². The van der Waals surface area contributed by atoms with Crippen LogP contribution in [0.5, 0.6) is 0 Å². The van der Waals surface area contributed by atoms with Crippen molar-refractivity contribution >= 4 is 12.0 Å². The number of ether oxygens (including phenoxy) is 1. The molecular formula is C17H30N2O3. The second kappa shape index (κ2) is 6.47. The van der Waals surface area contributed by atoms with Crippen LogP contribution in [0, 0.1) is 5.92 Å². The van der Waals surface area contributed by atoms with Crippen LogP contribution in [-0.4, -0.2) is 40.6 Å². The molecule has 22 heavy (non-hydrogen) atoms. The van der Waals surface area contributed by atoms with Crippen molar-refractivity contribution in [2.75, 3.05) is 0 Å². The number of carbonyl (C=O) groups excluding carboxylic acids is 2. The zero-order chi connectivity index (χ0) is 16.5. The van der Waals surface area contributed by atoms with Crippen LogP contribution in [0.25, 0.3) is 0 Å². The number of amides is 2. The van der Waals surface area contributed by atoms with Gasteiger partial charge < -0.3 is 15.0 Å². The summed E-state index contributed by atoms with van der Waals surface area (Å²) in [6.07, 6.45) is 4.33. The van der Waals surface area contributed by atoms with Crippen LogP contribution in [0.1, 0.15) is 66.7 Å². The van der Waals surface area contributed by atoms with Crippen LogP contribution in [0.2, 0.25) is 0 Å². The summed E-state index contributed by atoms with van der Waals surface area (Å²) in [5.74, 6) is 0.314. The van der Waals surface area contributed by atoms with E-state index >= 15 is 0 Å². The van der Waals surface area contributed by atoms with Crippen LogP contribution < -0.4 is 5.32 Å². The molecule has 2 unspecified atom stereocenters. The topological polar surface area (TPSA) is 58.6 Å². The van der Waals surface area contributed by atoms with Crippen LogP contribution in [0.4, 0.5) is 4.79 Å². The summed E-state index contributed by atoms with van der Waals surface area (Å²) in [6, 6.07) is 0.764. The zero-order valence-electron chi connectivity index (χ0n) is 14.5. The molecule has 2 atom stereocenters. The molecule has 0 heterocycles. The third-order valence-electron chi connectivity index (χ3n) is 4.25. The molecule has 0 spiro atoms. The average Bonchev–Trinajstić information content (AvgIpc) is 3.05. The first-order valence-electron chi connectivity index (χ1n) is 8.49. The van der Waals surface area contributed by atoms with Gasteiger partial charge in [-0.15, -0.1) is 0 Å². The Balaban J connectivity index is 1.84. The minimum atomic E-state index is -0.488. The normalized spacial score (nSPS) is 25.2. The Morgan fingerprint density at radius 1 is 1.14 bits per heavy atom. The fourth-order valence-corrected chi connectivity index (χ4v) is 3.23. The highest BCUT2D eigenvalue weighted by molar-refractivity contribution is 5.80.